The minimum atomic E-state index is -0.126. The minimum absolute atomic E-state index is 0.0722. The van der Waals surface area contributed by atoms with Crippen LogP contribution in [0.5, 0.6) is 11.5 Å². The van der Waals surface area contributed by atoms with Gasteiger partial charge in [-0.15, -0.1) is 0 Å². The Kier molecular flexibility index (Phi) is 3.62. The van der Waals surface area contributed by atoms with Gasteiger partial charge in [0.15, 0.2) is 5.78 Å². The number of carbonyl (C=O) groups excluding carboxylic acids is 1. The summed E-state index contributed by atoms with van der Waals surface area (Å²) in [5.41, 5.74) is 2.32. The van der Waals surface area contributed by atoms with E-state index in [1.807, 2.05) is 18.2 Å². The first kappa shape index (κ1) is 13.9. The van der Waals surface area contributed by atoms with Crippen LogP contribution in [0.3, 0.4) is 0 Å². The van der Waals surface area contributed by atoms with Crippen molar-refractivity contribution in [2.75, 3.05) is 0 Å². The molecule has 0 heterocycles. The van der Waals surface area contributed by atoms with Crippen LogP contribution in [0.25, 0.3) is 11.1 Å². The Bertz CT molecular complexity index is 823. The molecule has 0 radical (unpaired) electrons. The van der Waals surface area contributed by atoms with Crippen LogP contribution in [0.15, 0.2) is 72.8 Å². The van der Waals surface area contributed by atoms with Crippen molar-refractivity contribution >= 4 is 5.78 Å². The highest BCUT2D eigenvalue weighted by molar-refractivity contribution is 6.13. The summed E-state index contributed by atoms with van der Waals surface area (Å²) >= 11 is 0. The second-order valence-electron chi connectivity index (χ2n) is 4.98. The molecular weight excluding hydrogens is 276 g/mol. The summed E-state index contributed by atoms with van der Waals surface area (Å²) in [4.78, 5) is 12.7. The number of hydrogen-bond donors (Lipinski definition) is 2. The number of carbonyl (C=O) groups is 1. The fraction of sp³-hybridized carbons (Fsp3) is 0. The molecule has 0 saturated heterocycles. The Labute approximate surface area is 128 Å². The van der Waals surface area contributed by atoms with Gasteiger partial charge >= 0.3 is 0 Å². The fourth-order valence-electron chi connectivity index (χ4n) is 2.39. The van der Waals surface area contributed by atoms with E-state index < -0.39 is 0 Å². The lowest BCUT2D eigenvalue weighted by Gasteiger charge is -2.10. The Hall–Kier alpha value is -3.07. The van der Waals surface area contributed by atoms with Gasteiger partial charge in [0.2, 0.25) is 0 Å². The lowest BCUT2D eigenvalue weighted by molar-refractivity contribution is 0.103. The first-order valence-corrected chi connectivity index (χ1v) is 6.87. The number of rotatable bonds is 3. The summed E-state index contributed by atoms with van der Waals surface area (Å²) < 4.78 is 0. The predicted octanol–water partition coefficient (Wildman–Crippen LogP) is 4.00. The summed E-state index contributed by atoms with van der Waals surface area (Å²) in [5, 5.41) is 19.4. The van der Waals surface area contributed by atoms with E-state index in [9.17, 15) is 15.0 Å². The molecule has 0 atom stereocenters. The maximum absolute atomic E-state index is 12.7. The topological polar surface area (TPSA) is 57.5 Å². The van der Waals surface area contributed by atoms with E-state index in [2.05, 4.69) is 0 Å². The normalized spacial score (nSPS) is 10.4. The standard InChI is InChI=1S/C19H14O3/c20-15-8-4-7-14(11-15)18-12-16(21)9-10-17(18)19(22)13-5-2-1-3-6-13/h1-12,20-21H. The Morgan fingerprint density at radius 2 is 1.45 bits per heavy atom. The first-order chi connectivity index (χ1) is 10.6. The molecule has 0 bridgehead atoms. The van der Waals surface area contributed by atoms with Crippen molar-refractivity contribution in [3.05, 3.63) is 83.9 Å². The van der Waals surface area contributed by atoms with Gasteiger partial charge in [-0.2, -0.15) is 0 Å². The van der Waals surface area contributed by atoms with Gasteiger partial charge in [-0.05, 0) is 41.5 Å². The van der Waals surface area contributed by atoms with E-state index in [1.165, 1.54) is 12.1 Å². The lowest BCUT2D eigenvalue weighted by atomic mass is 9.93. The van der Waals surface area contributed by atoms with Crippen molar-refractivity contribution in [3.8, 4) is 22.6 Å². The van der Waals surface area contributed by atoms with E-state index in [0.717, 1.165) is 0 Å². The van der Waals surface area contributed by atoms with Crippen molar-refractivity contribution in [2.45, 2.75) is 0 Å². The Morgan fingerprint density at radius 3 is 2.18 bits per heavy atom. The van der Waals surface area contributed by atoms with Crippen LogP contribution in [0, 0.1) is 0 Å². The summed E-state index contributed by atoms with van der Waals surface area (Å²) in [6, 6.07) is 20.2. The second-order valence-corrected chi connectivity index (χ2v) is 4.98. The van der Waals surface area contributed by atoms with Crippen molar-refractivity contribution in [1.29, 1.82) is 0 Å². The monoisotopic (exact) mass is 290 g/mol. The Balaban J connectivity index is 2.15. The predicted molar refractivity (Wildman–Crippen MR) is 85.1 cm³/mol. The lowest BCUT2D eigenvalue weighted by Crippen LogP contribution is -2.03. The van der Waals surface area contributed by atoms with E-state index >= 15 is 0 Å². The second kappa shape index (κ2) is 5.74. The van der Waals surface area contributed by atoms with Gasteiger partial charge in [-0.1, -0.05) is 42.5 Å². The zero-order valence-electron chi connectivity index (χ0n) is 11.7. The van der Waals surface area contributed by atoms with Crippen LogP contribution in [0.2, 0.25) is 0 Å². The SMILES string of the molecule is O=C(c1ccccc1)c1ccc(O)cc1-c1cccc(O)c1. The molecule has 0 fully saturated rings. The molecule has 0 saturated carbocycles. The molecule has 0 aliphatic heterocycles. The van der Waals surface area contributed by atoms with Crippen molar-refractivity contribution in [1.82, 2.24) is 0 Å². The van der Waals surface area contributed by atoms with Gasteiger partial charge in [-0.25, -0.2) is 0 Å². The van der Waals surface area contributed by atoms with Gasteiger partial charge in [-0.3, -0.25) is 4.79 Å². The highest BCUT2D eigenvalue weighted by atomic mass is 16.3. The van der Waals surface area contributed by atoms with E-state index in [1.54, 1.807) is 42.5 Å². The molecular formula is C19H14O3. The number of aromatic hydroxyl groups is 2. The molecule has 2 N–H and O–H groups in total. The third-order valence-corrected chi connectivity index (χ3v) is 3.44. The summed E-state index contributed by atoms with van der Waals surface area (Å²) in [5.74, 6) is 0.0563. The summed E-state index contributed by atoms with van der Waals surface area (Å²) in [7, 11) is 0. The third-order valence-electron chi connectivity index (χ3n) is 3.44. The highest BCUT2D eigenvalue weighted by Gasteiger charge is 2.15. The van der Waals surface area contributed by atoms with Crippen LogP contribution in [-0.2, 0) is 0 Å². The van der Waals surface area contributed by atoms with Crippen LogP contribution < -0.4 is 0 Å². The minimum Gasteiger partial charge on any atom is -0.508 e. The average Bonchev–Trinajstić information content (AvgIpc) is 2.55. The molecule has 0 aliphatic carbocycles. The molecule has 3 aromatic carbocycles. The molecule has 0 unspecified atom stereocenters. The molecule has 3 nitrogen and oxygen atoms in total. The Morgan fingerprint density at radius 1 is 0.727 bits per heavy atom. The molecule has 0 aliphatic rings. The number of benzene rings is 3. The molecule has 0 aromatic heterocycles. The van der Waals surface area contributed by atoms with E-state index in [0.29, 0.717) is 22.3 Å². The van der Waals surface area contributed by atoms with Crippen LogP contribution in [0.1, 0.15) is 15.9 Å². The molecule has 0 spiro atoms. The third kappa shape index (κ3) is 2.69. The molecule has 3 aromatic rings. The van der Waals surface area contributed by atoms with Crippen molar-refractivity contribution in [2.24, 2.45) is 0 Å². The molecule has 3 heteroatoms. The quantitative estimate of drug-likeness (QED) is 0.717. The van der Waals surface area contributed by atoms with Gasteiger partial charge in [0, 0.05) is 11.1 Å². The number of ketones is 1. The van der Waals surface area contributed by atoms with Crippen LogP contribution in [-0.4, -0.2) is 16.0 Å². The van der Waals surface area contributed by atoms with Gasteiger partial charge < -0.3 is 10.2 Å². The largest absolute Gasteiger partial charge is 0.508 e. The number of phenols is 2. The fourth-order valence-corrected chi connectivity index (χ4v) is 2.39. The van der Waals surface area contributed by atoms with Crippen LogP contribution in [0.4, 0.5) is 0 Å². The van der Waals surface area contributed by atoms with Crippen LogP contribution >= 0.6 is 0 Å². The van der Waals surface area contributed by atoms with Gasteiger partial charge in [0.05, 0.1) is 0 Å². The van der Waals surface area contributed by atoms with E-state index in [-0.39, 0.29) is 17.3 Å². The zero-order valence-corrected chi connectivity index (χ0v) is 11.7. The molecule has 108 valence electrons. The zero-order chi connectivity index (χ0) is 15.5. The van der Waals surface area contributed by atoms with Gasteiger partial charge in [0.1, 0.15) is 11.5 Å². The summed E-state index contributed by atoms with van der Waals surface area (Å²) in [6.07, 6.45) is 0. The number of phenolic OH excluding ortho intramolecular Hbond substituents is 2. The molecule has 22 heavy (non-hydrogen) atoms. The summed E-state index contributed by atoms with van der Waals surface area (Å²) in [6.45, 7) is 0. The van der Waals surface area contributed by atoms with Crippen molar-refractivity contribution in [3.63, 3.8) is 0 Å². The van der Waals surface area contributed by atoms with E-state index in [4.69, 9.17) is 0 Å². The molecule has 0 amide bonds. The maximum atomic E-state index is 12.7. The smallest absolute Gasteiger partial charge is 0.193 e. The van der Waals surface area contributed by atoms with Gasteiger partial charge in [0.25, 0.3) is 0 Å². The average molecular weight is 290 g/mol. The first-order valence-electron chi connectivity index (χ1n) is 6.87. The van der Waals surface area contributed by atoms with Crippen molar-refractivity contribution < 1.29 is 15.0 Å². The highest BCUT2D eigenvalue weighted by Crippen LogP contribution is 2.31. The number of hydrogen-bond acceptors (Lipinski definition) is 3. The molecule has 3 rings (SSSR count). The maximum Gasteiger partial charge on any atom is 0.193 e.